The van der Waals surface area contributed by atoms with Gasteiger partial charge in [-0.25, -0.2) is 4.98 Å². The summed E-state index contributed by atoms with van der Waals surface area (Å²) >= 11 is 7.19. The number of rotatable bonds is 5. The lowest BCUT2D eigenvalue weighted by molar-refractivity contribution is -0.120. The summed E-state index contributed by atoms with van der Waals surface area (Å²) in [6.07, 6.45) is 3.87. The van der Waals surface area contributed by atoms with Crippen molar-refractivity contribution in [2.24, 2.45) is 0 Å². The Balaban J connectivity index is 1.76. The Labute approximate surface area is 122 Å². The van der Waals surface area contributed by atoms with Gasteiger partial charge in [0.05, 0.1) is 21.4 Å². The van der Waals surface area contributed by atoms with E-state index < -0.39 is 0 Å². The molecule has 104 valence electrons. The third-order valence-corrected chi connectivity index (χ3v) is 4.17. The van der Waals surface area contributed by atoms with Gasteiger partial charge < -0.3 is 10.1 Å². The summed E-state index contributed by atoms with van der Waals surface area (Å²) in [5.74, 6) is 0.0113. The monoisotopic (exact) mass is 300 g/mol. The van der Waals surface area contributed by atoms with E-state index >= 15 is 0 Å². The maximum absolute atomic E-state index is 11.9. The summed E-state index contributed by atoms with van der Waals surface area (Å²) in [5, 5.41) is 4.12. The Hall–Kier alpha value is -0.780. The molecule has 0 spiro atoms. The van der Waals surface area contributed by atoms with Crippen LogP contribution in [0.5, 0.6) is 0 Å². The highest BCUT2D eigenvalue weighted by Gasteiger charge is 2.19. The molecular weight excluding hydrogens is 284 g/mol. The SMILES string of the molecule is C[C@@H](Sc1ccc(Cl)cn1)C(=O)NC[C@H]1CCCO1. The van der Waals surface area contributed by atoms with Crippen LogP contribution in [0.2, 0.25) is 5.02 Å². The summed E-state index contributed by atoms with van der Waals surface area (Å²) in [6.45, 7) is 3.27. The lowest BCUT2D eigenvalue weighted by Crippen LogP contribution is -2.36. The van der Waals surface area contributed by atoms with E-state index in [0.717, 1.165) is 24.5 Å². The molecule has 0 aromatic carbocycles. The average Bonchev–Trinajstić information content (AvgIpc) is 2.91. The first-order valence-corrected chi connectivity index (χ1v) is 7.58. The molecule has 1 aromatic rings. The van der Waals surface area contributed by atoms with Gasteiger partial charge in [-0.1, -0.05) is 23.4 Å². The van der Waals surface area contributed by atoms with Crippen molar-refractivity contribution < 1.29 is 9.53 Å². The van der Waals surface area contributed by atoms with Gasteiger partial charge in [0.25, 0.3) is 0 Å². The van der Waals surface area contributed by atoms with E-state index in [2.05, 4.69) is 10.3 Å². The van der Waals surface area contributed by atoms with Gasteiger partial charge in [-0.15, -0.1) is 0 Å². The van der Waals surface area contributed by atoms with Crippen molar-refractivity contribution in [1.29, 1.82) is 0 Å². The number of ether oxygens (including phenoxy) is 1. The maximum Gasteiger partial charge on any atom is 0.233 e. The van der Waals surface area contributed by atoms with Crippen molar-refractivity contribution in [3.8, 4) is 0 Å². The van der Waals surface area contributed by atoms with Gasteiger partial charge in [0, 0.05) is 19.3 Å². The predicted molar refractivity (Wildman–Crippen MR) is 76.5 cm³/mol. The topological polar surface area (TPSA) is 51.2 Å². The largest absolute Gasteiger partial charge is 0.376 e. The molecule has 1 aliphatic rings. The molecule has 0 aliphatic carbocycles. The molecule has 0 unspecified atom stereocenters. The Bertz CT molecular complexity index is 421. The molecule has 19 heavy (non-hydrogen) atoms. The van der Waals surface area contributed by atoms with E-state index in [0.29, 0.717) is 11.6 Å². The van der Waals surface area contributed by atoms with Crippen LogP contribution in [0.25, 0.3) is 0 Å². The zero-order chi connectivity index (χ0) is 13.7. The molecule has 2 atom stereocenters. The van der Waals surface area contributed by atoms with Crippen LogP contribution >= 0.6 is 23.4 Å². The number of nitrogens with zero attached hydrogens (tertiary/aromatic N) is 1. The minimum Gasteiger partial charge on any atom is -0.376 e. The highest BCUT2D eigenvalue weighted by molar-refractivity contribution is 8.00. The summed E-state index contributed by atoms with van der Waals surface area (Å²) in [6, 6.07) is 3.59. The fourth-order valence-electron chi connectivity index (χ4n) is 1.83. The maximum atomic E-state index is 11.9. The third kappa shape index (κ3) is 4.67. The Morgan fingerprint density at radius 1 is 1.68 bits per heavy atom. The molecule has 1 aromatic heterocycles. The quantitative estimate of drug-likeness (QED) is 0.849. The van der Waals surface area contributed by atoms with Crippen molar-refractivity contribution in [3.05, 3.63) is 23.4 Å². The molecule has 2 rings (SSSR count). The van der Waals surface area contributed by atoms with Gasteiger partial charge >= 0.3 is 0 Å². The van der Waals surface area contributed by atoms with Gasteiger partial charge in [0.1, 0.15) is 0 Å². The molecule has 2 heterocycles. The van der Waals surface area contributed by atoms with E-state index in [1.54, 1.807) is 12.3 Å². The van der Waals surface area contributed by atoms with Crippen molar-refractivity contribution >= 4 is 29.3 Å². The molecule has 4 nitrogen and oxygen atoms in total. The number of hydrogen-bond donors (Lipinski definition) is 1. The van der Waals surface area contributed by atoms with E-state index in [1.165, 1.54) is 11.8 Å². The van der Waals surface area contributed by atoms with Crippen LogP contribution in [0.15, 0.2) is 23.4 Å². The van der Waals surface area contributed by atoms with Gasteiger partial charge in [-0.3, -0.25) is 4.79 Å². The van der Waals surface area contributed by atoms with Crippen molar-refractivity contribution in [2.45, 2.75) is 36.1 Å². The minimum atomic E-state index is -0.185. The van der Waals surface area contributed by atoms with Crippen molar-refractivity contribution in [1.82, 2.24) is 10.3 Å². The molecule has 1 N–H and O–H groups in total. The second-order valence-electron chi connectivity index (χ2n) is 4.45. The van der Waals surface area contributed by atoms with Gasteiger partial charge in [0.2, 0.25) is 5.91 Å². The molecule has 6 heteroatoms. The lowest BCUT2D eigenvalue weighted by Gasteiger charge is -2.14. The third-order valence-electron chi connectivity index (χ3n) is 2.89. The number of pyridine rings is 1. The van der Waals surface area contributed by atoms with E-state index in [9.17, 15) is 4.79 Å². The summed E-state index contributed by atoms with van der Waals surface area (Å²) in [4.78, 5) is 16.1. The van der Waals surface area contributed by atoms with Crippen LogP contribution in [0.1, 0.15) is 19.8 Å². The van der Waals surface area contributed by atoms with Crippen LogP contribution in [0.4, 0.5) is 0 Å². The first-order chi connectivity index (χ1) is 9.15. The Kier molecular flexibility index (Phi) is 5.48. The highest BCUT2D eigenvalue weighted by atomic mass is 35.5. The van der Waals surface area contributed by atoms with Crippen molar-refractivity contribution in [3.63, 3.8) is 0 Å². The fourth-order valence-corrected chi connectivity index (χ4v) is 2.75. The van der Waals surface area contributed by atoms with Crippen molar-refractivity contribution in [2.75, 3.05) is 13.2 Å². The Morgan fingerprint density at radius 2 is 2.53 bits per heavy atom. The average molecular weight is 301 g/mol. The smallest absolute Gasteiger partial charge is 0.233 e. The molecule has 1 aliphatic heterocycles. The van der Waals surface area contributed by atoms with Gasteiger partial charge in [-0.2, -0.15) is 0 Å². The molecule has 1 saturated heterocycles. The number of halogens is 1. The first kappa shape index (κ1) is 14.6. The number of thioether (sulfide) groups is 1. The highest BCUT2D eigenvalue weighted by Crippen LogP contribution is 2.22. The molecule has 0 saturated carbocycles. The van der Waals surface area contributed by atoms with Gasteiger partial charge in [-0.05, 0) is 31.9 Å². The van der Waals surface area contributed by atoms with Crippen LogP contribution in [0, 0.1) is 0 Å². The van der Waals surface area contributed by atoms with E-state index in [4.69, 9.17) is 16.3 Å². The zero-order valence-corrected chi connectivity index (χ0v) is 12.3. The first-order valence-electron chi connectivity index (χ1n) is 6.32. The van der Waals surface area contributed by atoms with E-state index in [-0.39, 0.29) is 17.3 Å². The Morgan fingerprint density at radius 3 is 3.16 bits per heavy atom. The van der Waals surface area contributed by atoms with Crippen LogP contribution in [-0.4, -0.2) is 35.4 Å². The van der Waals surface area contributed by atoms with Crippen LogP contribution < -0.4 is 5.32 Å². The number of carbonyl (C=O) groups is 1. The summed E-state index contributed by atoms with van der Waals surface area (Å²) in [5.41, 5.74) is 0. The summed E-state index contributed by atoms with van der Waals surface area (Å²) in [7, 11) is 0. The number of amides is 1. The number of nitrogens with one attached hydrogen (secondary N) is 1. The zero-order valence-electron chi connectivity index (χ0n) is 10.8. The molecule has 1 amide bonds. The second-order valence-corrected chi connectivity index (χ2v) is 6.25. The van der Waals surface area contributed by atoms with Crippen LogP contribution in [0.3, 0.4) is 0 Å². The molecule has 0 radical (unpaired) electrons. The number of aromatic nitrogens is 1. The molecule has 1 fully saturated rings. The normalized spacial score (nSPS) is 20.2. The number of hydrogen-bond acceptors (Lipinski definition) is 4. The van der Waals surface area contributed by atoms with Gasteiger partial charge in [0.15, 0.2) is 0 Å². The van der Waals surface area contributed by atoms with Crippen LogP contribution in [-0.2, 0) is 9.53 Å². The lowest BCUT2D eigenvalue weighted by atomic mass is 10.2. The summed E-state index contributed by atoms with van der Waals surface area (Å²) < 4.78 is 5.47. The minimum absolute atomic E-state index is 0.0113. The second kappa shape index (κ2) is 7.12. The number of carbonyl (C=O) groups excluding carboxylic acids is 1. The fraction of sp³-hybridized carbons (Fsp3) is 0.538. The standard InChI is InChI=1S/C13H17ClN2O2S/c1-9(19-12-5-4-10(14)7-15-12)13(17)16-8-11-3-2-6-18-11/h4-5,7,9,11H,2-3,6,8H2,1H3,(H,16,17)/t9-,11-/m1/s1. The molecule has 0 bridgehead atoms. The van der Waals surface area contributed by atoms with E-state index in [1.807, 2.05) is 13.0 Å². The molecular formula is C13H17ClN2O2S. The predicted octanol–water partition coefficient (Wildman–Crippen LogP) is 2.51.